The van der Waals surface area contributed by atoms with Crippen molar-refractivity contribution in [2.45, 2.75) is 57.3 Å². The lowest BCUT2D eigenvalue weighted by Crippen LogP contribution is -2.41. The van der Waals surface area contributed by atoms with E-state index in [1.54, 1.807) is 0 Å². The summed E-state index contributed by atoms with van der Waals surface area (Å²) < 4.78 is 12.3. The van der Waals surface area contributed by atoms with Gasteiger partial charge in [-0.1, -0.05) is 32.0 Å². The molecule has 1 aromatic rings. The second-order valence-electron chi connectivity index (χ2n) is 8.64. The van der Waals surface area contributed by atoms with E-state index in [-0.39, 0.29) is 23.1 Å². The van der Waals surface area contributed by atoms with Crippen LogP contribution < -0.4 is 0 Å². The maximum atomic E-state index is 12.6. The number of hydrogen-bond donors (Lipinski definition) is 0. The molecule has 1 spiro atoms. The summed E-state index contributed by atoms with van der Waals surface area (Å²) in [6, 6.07) is 9.38. The number of carbonyl (C=O) groups excluding carboxylic acids is 1. The van der Waals surface area contributed by atoms with Crippen LogP contribution in [0.15, 0.2) is 30.3 Å². The smallest absolute Gasteiger partial charge is 0.338 e. The minimum atomic E-state index is -0.181. The lowest BCUT2D eigenvalue weighted by molar-refractivity contribution is -0.0275. The SMILES string of the molecule is CC1(C)CC2C[C@H]3CC[C@@H]4O[C@]34C2C1OC(=O)c1ccccc1. The second-order valence-corrected chi connectivity index (χ2v) is 8.64. The van der Waals surface area contributed by atoms with E-state index in [2.05, 4.69) is 13.8 Å². The molecule has 3 saturated carbocycles. The zero-order valence-electron chi connectivity index (χ0n) is 13.8. The van der Waals surface area contributed by atoms with Gasteiger partial charge in [0, 0.05) is 11.3 Å². The summed E-state index contributed by atoms with van der Waals surface area (Å²) in [6.45, 7) is 4.51. The van der Waals surface area contributed by atoms with Crippen molar-refractivity contribution in [1.29, 1.82) is 0 Å². The summed E-state index contributed by atoms with van der Waals surface area (Å²) in [4.78, 5) is 12.6. The number of carbonyl (C=O) groups is 1. The van der Waals surface area contributed by atoms with Crippen molar-refractivity contribution in [1.82, 2.24) is 0 Å². The lowest BCUT2D eigenvalue weighted by Gasteiger charge is -2.33. The molecule has 4 fully saturated rings. The molecule has 0 N–H and O–H groups in total. The van der Waals surface area contributed by atoms with Gasteiger partial charge < -0.3 is 9.47 Å². The second kappa shape index (κ2) is 4.38. The molecule has 23 heavy (non-hydrogen) atoms. The highest BCUT2D eigenvalue weighted by Gasteiger charge is 2.78. The fourth-order valence-corrected chi connectivity index (χ4v) is 6.14. The Morgan fingerprint density at radius 3 is 2.74 bits per heavy atom. The summed E-state index contributed by atoms with van der Waals surface area (Å²) in [7, 11) is 0. The Labute approximate surface area is 137 Å². The van der Waals surface area contributed by atoms with Gasteiger partial charge in [0.05, 0.1) is 11.7 Å². The predicted molar refractivity (Wildman–Crippen MR) is 86.0 cm³/mol. The van der Waals surface area contributed by atoms with Gasteiger partial charge in [0.25, 0.3) is 0 Å². The van der Waals surface area contributed by atoms with Crippen LogP contribution in [0.4, 0.5) is 0 Å². The molecule has 3 unspecified atom stereocenters. The normalized spacial score (nSPS) is 45.2. The summed E-state index contributed by atoms with van der Waals surface area (Å²) >= 11 is 0. The van der Waals surface area contributed by atoms with Crippen molar-refractivity contribution in [3.63, 3.8) is 0 Å². The molecule has 122 valence electrons. The largest absolute Gasteiger partial charge is 0.458 e. The van der Waals surface area contributed by atoms with Crippen molar-refractivity contribution in [2.75, 3.05) is 0 Å². The van der Waals surface area contributed by atoms with Gasteiger partial charge in [-0.3, -0.25) is 0 Å². The molecule has 1 aromatic carbocycles. The van der Waals surface area contributed by atoms with Crippen LogP contribution in [0.1, 0.15) is 49.9 Å². The first kappa shape index (κ1) is 14.0. The van der Waals surface area contributed by atoms with Gasteiger partial charge in [0.2, 0.25) is 0 Å². The van der Waals surface area contributed by atoms with Crippen molar-refractivity contribution in [3.05, 3.63) is 35.9 Å². The molecule has 0 radical (unpaired) electrons. The average molecular weight is 312 g/mol. The molecule has 3 nitrogen and oxygen atoms in total. The molecule has 1 saturated heterocycles. The number of benzene rings is 1. The third-order valence-electron chi connectivity index (χ3n) is 6.95. The summed E-state index contributed by atoms with van der Waals surface area (Å²) in [5, 5.41) is 0. The van der Waals surface area contributed by atoms with Crippen LogP contribution in [0.25, 0.3) is 0 Å². The van der Waals surface area contributed by atoms with Gasteiger partial charge >= 0.3 is 5.97 Å². The van der Waals surface area contributed by atoms with E-state index in [1.807, 2.05) is 30.3 Å². The molecule has 5 rings (SSSR count). The molecular formula is C20H24O3. The Bertz CT molecular complexity index is 652. The number of epoxide rings is 1. The van der Waals surface area contributed by atoms with Crippen LogP contribution >= 0.6 is 0 Å². The molecule has 3 aliphatic carbocycles. The minimum Gasteiger partial charge on any atom is -0.458 e. The van der Waals surface area contributed by atoms with Crippen molar-refractivity contribution < 1.29 is 14.3 Å². The highest BCUT2D eigenvalue weighted by atomic mass is 16.6. The fourth-order valence-electron chi connectivity index (χ4n) is 6.14. The van der Waals surface area contributed by atoms with Crippen LogP contribution in [0.3, 0.4) is 0 Å². The van der Waals surface area contributed by atoms with E-state index < -0.39 is 0 Å². The quantitative estimate of drug-likeness (QED) is 0.615. The van der Waals surface area contributed by atoms with E-state index in [1.165, 1.54) is 19.3 Å². The van der Waals surface area contributed by atoms with Crippen molar-refractivity contribution >= 4 is 5.97 Å². The van der Waals surface area contributed by atoms with Crippen LogP contribution in [-0.2, 0) is 9.47 Å². The Hall–Kier alpha value is -1.35. The van der Waals surface area contributed by atoms with E-state index >= 15 is 0 Å². The Morgan fingerprint density at radius 2 is 2.00 bits per heavy atom. The van der Waals surface area contributed by atoms with Crippen LogP contribution in [0.5, 0.6) is 0 Å². The maximum Gasteiger partial charge on any atom is 0.338 e. The lowest BCUT2D eigenvalue weighted by atomic mass is 9.80. The number of fused-ring (bicyclic) bond motifs is 1. The summed E-state index contributed by atoms with van der Waals surface area (Å²) in [5.41, 5.74) is 0.747. The van der Waals surface area contributed by atoms with Gasteiger partial charge in [-0.15, -0.1) is 0 Å². The predicted octanol–water partition coefficient (Wildman–Crippen LogP) is 3.83. The minimum absolute atomic E-state index is 0.0201. The van der Waals surface area contributed by atoms with Crippen molar-refractivity contribution in [3.8, 4) is 0 Å². The number of ether oxygens (including phenoxy) is 2. The van der Waals surface area contributed by atoms with Gasteiger partial charge in [-0.2, -0.15) is 0 Å². The van der Waals surface area contributed by atoms with Crippen LogP contribution in [-0.4, -0.2) is 23.8 Å². The first-order valence-electron chi connectivity index (χ1n) is 8.96. The average Bonchev–Trinajstić information content (AvgIpc) is 2.91. The molecule has 6 atom stereocenters. The number of hydrogen-bond acceptors (Lipinski definition) is 3. The summed E-state index contributed by atoms with van der Waals surface area (Å²) in [5.74, 6) is 1.59. The molecule has 4 aliphatic rings. The standard InChI is InChI=1S/C20H24O3/c1-19(2)11-13-10-14-8-9-15-20(14,23-15)16(13)17(19)22-18(21)12-6-4-3-5-7-12/h3-7,13-17H,8-11H2,1-2H3/t13?,14-,15+,16?,17?,20-/m1/s1. The number of esters is 1. The maximum absolute atomic E-state index is 12.6. The molecule has 0 bridgehead atoms. The van der Waals surface area contributed by atoms with E-state index in [0.29, 0.717) is 29.4 Å². The van der Waals surface area contributed by atoms with Gasteiger partial charge in [0.15, 0.2) is 0 Å². The van der Waals surface area contributed by atoms with Crippen molar-refractivity contribution in [2.24, 2.45) is 23.2 Å². The summed E-state index contributed by atoms with van der Waals surface area (Å²) in [6.07, 6.45) is 5.34. The molecule has 0 aromatic heterocycles. The zero-order valence-corrected chi connectivity index (χ0v) is 13.8. The highest BCUT2D eigenvalue weighted by molar-refractivity contribution is 5.89. The highest BCUT2D eigenvalue weighted by Crippen LogP contribution is 2.72. The topological polar surface area (TPSA) is 38.8 Å². The van der Waals surface area contributed by atoms with E-state index in [0.717, 1.165) is 6.42 Å². The molecule has 1 aliphatic heterocycles. The number of rotatable bonds is 2. The Kier molecular flexibility index (Phi) is 2.67. The third kappa shape index (κ3) is 1.77. The van der Waals surface area contributed by atoms with Gasteiger partial charge in [-0.05, 0) is 49.7 Å². The molecule has 3 heteroatoms. The Morgan fingerprint density at radius 1 is 1.22 bits per heavy atom. The van der Waals surface area contributed by atoms with E-state index in [9.17, 15) is 4.79 Å². The van der Waals surface area contributed by atoms with Gasteiger partial charge in [0.1, 0.15) is 11.7 Å². The fraction of sp³-hybridized carbons (Fsp3) is 0.650. The van der Waals surface area contributed by atoms with Gasteiger partial charge in [-0.25, -0.2) is 4.79 Å². The molecular weight excluding hydrogens is 288 g/mol. The Balaban J connectivity index is 1.45. The van der Waals surface area contributed by atoms with Crippen LogP contribution in [0, 0.1) is 23.2 Å². The first-order chi connectivity index (χ1) is 11.0. The zero-order chi connectivity index (χ0) is 15.8. The molecule has 1 heterocycles. The third-order valence-corrected chi connectivity index (χ3v) is 6.95. The monoisotopic (exact) mass is 312 g/mol. The van der Waals surface area contributed by atoms with E-state index in [4.69, 9.17) is 9.47 Å². The first-order valence-corrected chi connectivity index (χ1v) is 8.96. The van der Waals surface area contributed by atoms with Crippen LogP contribution in [0.2, 0.25) is 0 Å². The molecule has 0 amide bonds.